The monoisotopic (exact) mass is 327 g/mol. The Bertz CT molecular complexity index is 704. The number of aliphatic hydroxyl groups is 1. The van der Waals surface area contributed by atoms with Crippen LogP contribution in [0.5, 0.6) is 0 Å². The van der Waals surface area contributed by atoms with Crippen LogP contribution < -0.4 is 0 Å². The average molecular weight is 328 g/mol. The van der Waals surface area contributed by atoms with Crippen molar-refractivity contribution < 1.29 is 5.11 Å². The number of aliphatic hydroxyl groups excluding tert-OH is 1. The molecule has 0 bridgehead atoms. The van der Waals surface area contributed by atoms with Gasteiger partial charge in [0.05, 0.1) is 6.07 Å². The molecule has 20 heavy (non-hydrogen) atoms. The lowest BCUT2D eigenvalue weighted by Gasteiger charge is -2.24. The van der Waals surface area contributed by atoms with Gasteiger partial charge in [-0.15, -0.1) is 0 Å². The van der Waals surface area contributed by atoms with Crippen LogP contribution in [0.3, 0.4) is 0 Å². The van der Waals surface area contributed by atoms with Gasteiger partial charge >= 0.3 is 0 Å². The summed E-state index contributed by atoms with van der Waals surface area (Å²) in [7, 11) is 0. The largest absolute Gasteiger partial charge is 0.396 e. The minimum Gasteiger partial charge on any atom is -0.396 e. The van der Waals surface area contributed by atoms with E-state index >= 15 is 0 Å². The molecule has 1 aliphatic rings. The van der Waals surface area contributed by atoms with E-state index in [0.717, 1.165) is 26.7 Å². The van der Waals surface area contributed by atoms with Crippen LogP contribution in [0.25, 0.3) is 11.1 Å². The summed E-state index contributed by atoms with van der Waals surface area (Å²) in [6, 6.07) is 16.7. The number of benzene rings is 2. The van der Waals surface area contributed by atoms with Crippen molar-refractivity contribution in [1.82, 2.24) is 0 Å². The van der Waals surface area contributed by atoms with Crippen LogP contribution in [0.1, 0.15) is 24.0 Å². The Labute approximate surface area is 126 Å². The first-order valence-corrected chi connectivity index (χ1v) is 7.44. The van der Waals surface area contributed by atoms with Crippen LogP contribution in [0.15, 0.2) is 46.9 Å². The van der Waals surface area contributed by atoms with Crippen LogP contribution in [-0.2, 0) is 5.41 Å². The van der Waals surface area contributed by atoms with E-state index in [2.05, 4.69) is 34.1 Å². The molecular weight excluding hydrogens is 314 g/mol. The molecule has 0 aliphatic heterocycles. The normalized spacial score (nSPS) is 19.2. The molecule has 0 fully saturated rings. The summed E-state index contributed by atoms with van der Waals surface area (Å²) in [6.07, 6.45) is 1.26. The fourth-order valence-corrected chi connectivity index (χ4v) is 3.49. The van der Waals surface area contributed by atoms with Crippen molar-refractivity contribution >= 4 is 15.9 Å². The Morgan fingerprint density at radius 1 is 1.10 bits per heavy atom. The molecule has 1 atom stereocenters. The third kappa shape index (κ3) is 1.80. The molecule has 3 rings (SSSR count). The molecule has 0 aromatic heterocycles. The maximum atomic E-state index is 9.88. The number of nitrogens with zero attached hydrogens (tertiary/aromatic N) is 1. The molecule has 1 N–H and O–H groups in total. The fourth-order valence-electron chi connectivity index (χ4n) is 3.13. The van der Waals surface area contributed by atoms with E-state index in [4.69, 9.17) is 5.11 Å². The molecule has 0 saturated heterocycles. The van der Waals surface area contributed by atoms with Crippen LogP contribution in [-0.4, -0.2) is 11.7 Å². The van der Waals surface area contributed by atoms with Gasteiger partial charge in [-0.1, -0.05) is 46.3 Å². The number of nitriles is 1. The standard InChI is InChI=1S/C17H14BrNO/c18-12-6-7-14-13-4-1-2-5-15(13)17(11-19,8-3-9-20)16(14)10-12/h1-2,4-7,10,20H,3,8-9H2. The molecule has 2 nitrogen and oxygen atoms in total. The maximum absolute atomic E-state index is 9.88. The molecule has 1 unspecified atom stereocenters. The smallest absolute Gasteiger partial charge is 0.108 e. The first kappa shape index (κ1) is 13.4. The van der Waals surface area contributed by atoms with Gasteiger partial charge < -0.3 is 5.11 Å². The van der Waals surface area contributed by atoms with E-state index in [9.17, 15) is 5.26 Å². The minimum absolute atomic E-state index is 0.106. The summed E-state index contributed by atoms with van der Waals surface area (Å²) in [5, 5.41) is 19.0. The zero-order chi connectivity index (χ0) is 14.2. The van der Waals surface area contributed by atoms with Gasteiger partial charge in [0.1, 0.15) is 5.41 Å². The van der Waals surface area contributed by atoms with Gasteiger partial charge in [0, 0.05) is 11.1 Å². The molecule has 0 spiro atoms. The fraction of sp³-hybridized carbons (Fsp3) is 0.235. The molecule has 0 saturated carbocycles. The molecular formula is C17H14BrNO. The minimum atomic E-state index is -0.640. The lowest BCUT2D eigenvalue weighted by Crippen LogP contribution is -2.23. The summed E-state index contributed by atoms with van der Waals surface area (Å²) < 4.78 is 0.979. The van der Waals surface area contributed by atoms with Crippen molar-refractivity contribution in [1.29, 1.82) is 5.26 Å². The molecule has 2 aromatic rings. The first-order chi connectivity index (χ1) is 9.73. The Balaban J connectivity index is 2.29. The van der Waals surface area contributed by atoms with Gasteiger partial charge in [-0.25, -0.2) is 0 Å². The quantitative estimate of drug-likeness (QED) is 0.925. The number of hydrogen-bond acceptors (Lipinski definition) is 2. The van der Waals surface area contributed by atoms with Gasteiger partial charge in [-0.05, 0) is 47.2 Å². The highest BCUT2D eigenvalue weighted by molar-refractivity contribution is 9.10. The highest BCUT2D eigenvalue weighted by Crippen LogP contribution is 2.51. The van der Waals surface area contributed by atoms with E-state index < -0.39 is 5.41 Å². The molecule has 0 radical (unpaired) electrons. The summed E-state index contributed by atoms with van der Waals surface area (Å²) in [5.74, 6) is 0. The van der Waals surface area contributed by atoms with E-state index in [1.165, 1.54) is 0 Å². The van der Waals surface area contributed by atoms with E-state index in [1.54, 1.807) is 0 Å². The first-order valence-electron chi connectivity index (χ1n) is 6.65. The van der Waals surface area contributed by atoms with Crippen molar-refractivity contribution in [3.63, 3.8) is 0 Å². The van der Waals surface area contributed by atoms with Gasteiger partial charge in [0.25, 0.3) is 0 Å². The third-order valence-corrected chi connectivity index (χ3v) is 4.51. The summed E-state index contributed by atoms with van der Waals surface area (Å²) >= 11 is 3.50. The topological polar surface area (TPSA) is 44.0 Å². The Morgan fingerprint density at radius 2 is 1.85 bits per heavy atom. The van der Waals surface area contributed by atoms with Crippen molar-refractivity contribution in [3.8, 4) is 17.2 Å². The Hall–Kier alpha value is -1.63. The van der Waals surface area contributed by atoms with E-state index in [-0.39, 0.29) is 6.61 Å². The van der Waals surface area contributed by atoms with Crippen molar-refractivity contribution in [2.45, 2.75) is 18.3 Å². The number of fused-ring (bicyclic) bond motifs is 3. The molecule has 0 amide bonds. The van der Waals surface area contributed by atoms with Crippen LogP contribution in [0.2, 0.25) is 0 Å². The van der Waals surface area contributed by atoms with Gasteiger partial charge in [-0.2, -0.15) is 5.26 Å². The maximum Gasteiger partial charge on any atom is 0.108 e. The number of halogens is 1. The second-order valence-corrected chi connectivity index (χ2v) is 6.00. The zero-order valence-electron chi connectivity index (χ0n) is 10.9. The molecule has 2 aromatic carbocycles. The molecule has 100 valence electrons. The summed E-state index contributed by atoms with van der Waals surface area (Å²) in [6.45, 7) is 0.106. The third-order valence-electron chi connectivity index (χ3n) is 4.02. The van der Waals surface area contributed by atoms with Crippen molar-refractivity contribution in [2.75, 3.05) is 6.61 Å². The molecule has 3 heteroatoms. The lowest BCUT2D eigenvalue weighted by atomic mass is 9.76. The van der Waals surface area contributed by atoms with Gasteiger partial charge in [-0.3, -0.25) is 0 Å². The Kier molecular flexibility index (Phi) is 3.37. The highest BCUT2D eigenvalue weighted by Gasteiger charge is 2.43. The van der Waals surface area contributed by atoms with Crippen molar-refractivity contribution in [2.24, 2.45) is 0 Å². The molecule has 1 aliphatic carbocycles. The van der Waals surface area contributed by atoms with Crippen molar-refractivity contribution in [3.05, 3.63) is 58.1 Å². The van der Waals surface area contributed by atoms with E-state index in [0.29, 0.717) is 12.8 Å². The summed E-state index contributed by atoms with van der Waals surface area (Å²) in [4.78, 5) is 0. The van der Waals surface area contributed by atoms with Crippen LogP contribution in [0.4, 0.5) is 0 Å². The predicted molar refractivity (Wildman–Crippen MR) is 82.3 cm³/mol. The Morgan fingerprint density at radius 3 is 2.60 bits per heavy atom. The number of hydrogen-bond donors (Lipinski definition) is 1. The van der Waals surface area contributed by atoms with Gasteiger partial charge in [0.2, 0.25) is 0 Å². The second kappa shape index (κ2) is 5.05. The number of rotatable bonds is 3. The van der Waals surface area contributed by atoms with Crippen LogP contribution in [0, 0.1) is 11.3 Å². The predicted octanol–water partition coefficient (Wildman–Crippen LogP) is 4.01. The average Bonchev–Trinajstić information content (AvgIpc) is 2.75. The van der Waals surface area contributed by atoms with E-state index in [1.807, 2.05) is 30.3 Å². The van der Waals surface area contributed by atoms with Crippen LogP contribution >= 0.6 is 15.9 Å². The SMILES string of the molecule is N#CC1(CCCO)c2ccccc2-c2ccc(Br)cc21. The highest BCUT2D eigenvalue weighted by atomic mass is 79.9. The lowest BCUT2D eigenvalue weighted by molar-refractivity contribution is 0.277. The summed E-state index contributed by atoms with van der Waals surface area (Å²) in [5.41, 5.74) is 3.73. The zero-order valence-corrected chi connectivity index (χ0v) is 12.5. The second-order valence-electron chi connectivity index (χ2n) is 5.08. The molecule has 0 heterocycles. The van der Waals surface area contributed by atoms with Gasteiger partial charge in [0.15, 0.2) is 0 Å².